The van der Waals surface area contributed by atoms with Crippen LogP contribution in [0.2, 0.25) is 0 Å². The first-order valence-electron chi connectivity index (χ1n) is 6.72. The van der Waals surface area contributed by atoms with E-state index in [-0.39, 0.29) is 0 Å². The van der Waals surface area contributed by atoms with Crippen molar-refractivity contribution >= 4 is 0 Å². The van der Waals surface area contributed by atoms with Crippen LogP contribution < -0.4 is 0 Å². The molecule has 14 heavy (non-hydrogen) atoms. The Morgan fingerprint density at radius 2 is 2.14 bits per heavy atom. The van der Waals surface area contributed by atoms with E-state index in [0.29, 0.717) is 0 Å². The molecular weight excluding hydrogens is 168 g/mol. The van der Waals surface area contributed by atoms with E-state index in [4.69, 9.17) is 0 Å². The van der Waals surface area contributed by atoms with E-state index in [0.717, 1.165) is 17.3 Å². The minimum Gasteiger partial charge on any atom is -0.0654 e. The monoisotopic (exact) mass is 194 g/mol. The first kappa shape index (κ1) is 10.5. The van der Waals surface area contributed by atoms with Gasteiger partial charge in [-0.2, -0.15) is 0 Å². The average molecular weight is 194 g/mol. The third kappa shape index (κ3) is 2.32. The van der Waals surface area contributed by atoms with E-state index < -0.39 is 0 Å². The van der Waals surface area contributed by atoms with Gasteiger partial charge < -0.3 is 0 Å². The first-order chi connectivity index (χ1) is 6.72. The summed E-state index contributed by atoms with van der Waals surface area (Å²) in [5.41, 5.74) is 0.750. The number of hydrogen-bond acceptors (Lipinski definition) is 0. The van der Waals surface area contributed by atoms with Crippen molar-refractivity contribution in [2.75, 3.05) is 0 Å². The average Bonchev–Trinajstić information content (AvgIpc) is 2.13. The fourth-order valence-electron chi connectivity index (χ4n) is 4.07. The second-order valence-electron chi connectivity index (χ2n) is 6.22. The molecule has 2 saturated carbocycles. The molecule has 2 bridgehead atoms. The minimum atomic E-state index is 0.750. The maximum absolute atomic E-state index is 2.55. The van der Waals surface area contributed by atoms with Crippen LogP contribution in [-0.2, 0) is 0 Å². The largest absolute Gasteiger partial charge is 0.0654 e. The van der Waals surface area contributed by atoms with Crippen LogP contribution in [0.3, 0.4) is 0 Å². The van der Waals surface area contributed by atoms with Gasteiger partial charge in [0.05, 0.1) is 0 Å². The minimum absolute atomic E-state index is 0.750. The van der Waals surface area contributed by atoms with Crippen LogP contribution >= 0.6 is 0 Å². The molecule has 0 aromatic heterocycles. The molecule has 0 heteroatoms. The molecule has 2 fully saturated rings. The molecule has 0 aromatic rings. The Morgan fingerprint density at radius 3 is 2.86 bits per heavy atom. The van der Waals surface area contributed by atoms with E-state index in [1.807, 2.05) is 0 Å². The summed E-state index contributed by atoms with van der Waals surface area (Å²) in [5, 5.41) is 0. The molecule has 3 unspecified atom stereocenters. The lowest BCUT2D eigenvalue weighted by Gasteiger charge is -2.46. The molecule has 0 heterocycles. The standard InChI is InChI=1S/C14H26/c1-3-4-6-12-9-13-7-5-8-14(2,10-12)11-13/h12-13H,3-11H2,1-2H3. The van der Waals surface area contributed by atoms with Crippen molar-refractivity contribution in [3.63, 3.8) is 0 Å². The van der Waals surface area contributed by atoms with Gasteiger partial charge in [0.2, 0.25) is 0 Å². The highest BCUT2D eigenvalue weighted by molar-refractivity contribution is 4.90. The fraction of sp³-hybridized carbons (Fsp3) is 1.00. The van der Waals surface area contributed by atoms with Gasteiger partial charge in [-0.15, -0.1) is 0 Å². The lowest BCUT2D eigenvalue weighted by molar-refractivity contribution is 0.0514. The Hall–Kier alpha value is 0. The summed E-state index contributed by atoms with van der Waals surface area (Å²) < 4.78 is 0. The molecule has 0 aliphatic heterocycles. The summed E-state index contributed by atoms with van der Waals surface area (Å²) >= 11 is 0. The normalized spacial score (nSPS) is 42.4. The molecule has 0 nitrogen and oxygen atoms in total. The molecule has 0 aromatic carbocycles. The molecule has 2 aliphatic rings. The van der Waals surface area contributed by atoms with Gasteiger partial charge in [0.25, 0.3) is 0 Å². The molecule has 3 atom stereocenters. The molecule has 2 aliphatic carbocycles. The molecule has 0 radical (unpaired) electrons. The van der Waals surface area contributed by atoms with Crippen molar-refractivity contribution in [3.05, 3.63) is 0 Å². The number of fused-ring (bicyclic) bond motifs is 2. The zero-order chi connectivity index (χ0) is 10.0. The van der Waals surface area contributed by atoms with Gasteiger partial charge >= 0.3 is 0 Å². The molecule has 0 saturated heterocycles. The van der Waals surface area contributed by atoms with Gasteiger partial charge in [0.15, 0.2) is 0 Å². The van der Waals surface area contributed by atoms with Crippen molar-refractivity contribution in [2.24, 2.45) is 17.3 Å². The van der Waals surface area contributed by atoms with Crippen molar-refractivity contribution < 1.29 is 0 Å². The Labute approximate surface area is 89.5 Å². The van der Waals surface area contributed by atoms with Crippen molar-refractivity contribution in [1.29, 1.82) is 0 Å². The van der Waals surface area contributed by atoms with E-state index in [1.54, 1.807) is 19.3 Å². The number of hydrogen-bond donors (Lipinski definition) is 0. The van der Waals surface area contributed by atoms with E-state index in [9.17, 15) is 0 Å². The molecule has 2 rings (SSSR count). The van der Waals surface area contributed by atoms with Crippen molar-refractivity contribution in [2.45, 2.75) is 71.6 Å². The number of rotatable bonds is 3. The molecule has 0 spiro atoms. The zero-order valence-corrected chi connectivity index (χ0v) is 10.0. The Morgan fingerprint density at radius 1 is 1.29 bits per heavy atom. The maximum Gasteiger partial charge on any atom is -0.0321 e. The highest BCUT2D eigenvalue weighted by Gasteiger charge is 2.39. The van der Waals surface area contributed by atoms with Gasteiger partial charge in [-0.05, 0) is 42.9 Å². The van der Waals surface area contributed by atoms with Crippen molar-refractivity contribution in [3.8, 4) is 0 Å². The fourth-order valence-corrected chi connectivity index (χ4v) is 4.07. The highest BCUT2D eigenvalue weighted by atomic mass is 14.4. The third-order valence-electron chi connectivity index (χ3n) is 4.59. The summed E-state index contributed by atoms with van der Waals surface area (Å²) in [6.07, 6.45) is 13.6. The van der Waals surface area contributed by atoms with E-state index in [1.165, 1.54) is 38.5 Å². The van der Waals surface area contributed by atoms with E-state index >= 15 is 0 Å². The van der Waals surface area contributed by atoms with Crippen molar-refractivity contribution in [1.82, 2.24) is 0 Å². The van der Waals surface area contributed by atoms with Gasteiger partial charge in [0, 0.05) is 0 Å². The quantitative estimate of drug-likeness (QED) is 0.606. The topological polar surface area (TPSA) is 0 Å². The Balaban J connectivity index is 1.90. The Kier molecular flexibility index (Phi) is 3.19. The third-order valence-corrected chi connectivity index (χ3v) is 4.59. The smallest absolute Gasteiger partial charge is 0.0321 e. The lowest BCUT2D eigenvalue weighted by Crippen LogP contribution is -2.34. The summed E-state index contributed by atoms with van der Waals surface area (Å²) in [4.78, 5) is 0. The summed E-state index contributed by atoms with van der Waals surface area (Å²) in [6, 6.07) is 0. The van der Waals surface area contributed by atoms with Crippen LogP contribution in [0.4, 0.5) is 0 Å². The zero-order valence-electron chi connectivity index (χ0n) is 10.0. The SMILES string of the molecule is CCCCC1CC2CCCC(C)(C1)C2. The second-order valence-corrected chi connectivity index (χ2v) is 6.22. The van der Waals surface area contributed by atoms with E-state index in [2.05, 4.69) is 13.8 Å². The van der Waals surface area contributed by atoms with Crippen LogP contribution in [0.5, 0.6) is 0 Å². The molecule has 0 N–H and O–H groups in total. The lowest BCUT2D eigenvalue weighted by atomic mass is 9.59. The predicted molar refractivity (Wildman–Crippen MR) is 62.3 cm³/mol. The van der Waals surface area contributed by atoms with Gasteiger partial charge in [0.1, 0.15) is 0 Å². The van der Waals surface area contributed by atoms with Gasteiger partial charge in [-0.1, -0.05) is 46.0 Å². The maximum atomic E-state index is 2.55. The number of unbranched alkanes of at least 4 members (excludes halogenated alkanes) is 1. The van der Waals surface area contributed by atoms with Gasteiger partial charge in [-0.25, -0.2) is 0 Å². The second kappa shape index (κ2) is 4.24. The predicted octanol–water partition coefficient (Wildman–Crippen LogP) is 4.78. The van der Waals surface area contributed by atoms with Crippen LogP contribution in [0.15, 0.2) is 0 Å². The molecule has 82 valence electrons. The van der Waals surface area contributed by atoms with Crippen LogP contribution in [-0.4, -0.2) is 0 Å². The summed E-state index contributed by atoms with van der Waals surface area (Å²) in [6.45, 7) is 4.88. The van der Waals surface area contributed by atoms with Crippen LogP contribution in [0.1, 0.15) is 71.6 Å². The van der Waals surface area contributed by atoms with Crippen LogP contribution in [0, 0.1) is 17.3 Å². The Bertz CT molecular complexity index is 184. The van der Waals surface area contributed by atoms with Gasteiger partial charge in [-0.3, -0.25) is 0 Å². The molecular formula is C14H26. The van der Waals surface area contributed by atoms with Crippen LogP contribution in [0.25, 0.3) is 0 Å². The summed E-state index contributed by atoms with van der Waals surface area (Å²) in [7, 11) is 0. The first-order valence-corrected chi connectivity index (χ1v) is 6.72. The highest BCUT2D eigenvalue weighted by Crippen LogP contribution is 2.51. The molecule has 0 amide bonds. The summed E-state index contributed by atoms with van der Waals surface area (Å²) in [5.74, 6) is 2.18.